The van der Waals surface area contributed by atoms with Gasteiger partial charge in [-0.05, 0) is 70.4 Å². The maximum Gasteiger partial charge on any atom is 0.171 e. The van der Waals surface area contributed by atoms with Gasteiger partial charge in [0, 0.05) is 82.9 Å². The number of pyridine rings is 4. The lowest BCUT2D eigenvalue weighted by Crippen LogP contribution is -2.70. The van der Waals surface area contributed by atoms with Crippen molar-refractivity contribution in [1.29, 1.82) is 0 Å². The van der Waals surface area contributed by atoms with E-state index in [1.54, 1.807) is 30.9 Å². The highest BCUT2D eigenvalue weighted by molar-refractivity contribution is 5.98. The van der Waals surface area contributed by atoms with E-state index in [0.717, 1.165) is 94.1 Å². The molecule has 12 heteroatoms. The summed E-state index contributed by atoms with van der Waals surface area (Å²) < 4.78 is 12.1. The number of nitrogens with one attached hydrogen (secondary N) is 2. The van der Waals surface area contributed by atoms with Crippen LogP contribution in [-0.4, -0.2) is 25.4 Å². The summed E-state index contributed by atoms with van der Waals surface area (Å²) in [5.41, 5.74) is 15.5. The number of rotatable bonds is 9. The maximum atomic E-state index is 11.2. The lowest BCUT2D eigenvalue weighted by Gasteiger charge is -2.11. The summed E-state index contributed by atoms with van der Waals surface area (Å²) in [4.78, 5) is 16.8. The van der Waals surface area contributed by atoms with Gasteiger partial charge < -0.3 is 41.4 Å². The SMILES string of the molecule is Nc1cnccc1NCc1ccc2cncc(-c3cc4ccccc4o3)c2c1.O.[O-][NH2+]c1cnccc1NCc1ccc2cncc(-c3cc4ccccc4o3)c2c1. The average Bonchev–Trinajstić information content (AvgIpc) is 3.90. The summed E-state index contributed by atoms with van der Waals surface area (Å²) >= 11 is 0. The molecule has 0 aliphatic heterocycles. The smallest absolute Gasteiger partial charge is 0.171 e. The predicted molar refractivity (Wildman–Crippen MR) is 230 cm³/mol. The lowest BCUT2D eigenvalue weighted by atomic mass is 10.0. The highest BCUT2D eigenvalue weighted by Crippen LogP contribution is 2.34. The number of nitrogens with zero attached hydrogens (tertiary/aromatic N) is 4. The van der Waals surface area contributed by atoms with Crippen molar-refractivity contribution in [1.82, 2.24) is 19.9 Å². The molecule has 6 heterocycles. The van der Waals surface area contributed by atoms with Crippen molar-refractivity contribution in [2.24, 2.45) is 0 Å². The first-order chi connectivity index (χ1) is 28.1. The van der Waals surface area contributed by atoms with Crippen molar-refractivity contribution in [3.05, 3.63) is 175 Å². The van der Waals surface area contributed by atoms with Gasteiger partial charge in [0.2, 0.25) is 0 Å². The second-order valence-corrected chi connectivity index (χ2v) is 13.5. The van der Waals surface area contributed by atoms with E-state index in [1.807, 2.05) is 79.4 Å². The van der Waals surface area contributed by atoms with Crippen molar-refractivity contribution in [3.8, 4) is 22.6 Å². The van der Waals surface area contributed by atoms with Crippen molar-refractivity contribution in [3.63, 3.8) is 0 Å². The Morgan fingerprint density at radius 2 is 1.05 bits per heavy atom. The van der Waals surface area contributed by atoms with Crippen LogP contribution in [0.4, 0.5) is 22.7 Å². The zero-order valence-corrected chi connectivity index (χ0v) is 31.1. The van der Waals surface area contributed by atoms with Crippen LogP contribution in [-0.2, 0) is 13.1 Å². The third kappa shape index (κ3) is 7.74. The molecule has 6 aromatic heterocycles. The molecule has 0 spiro atoms. The van der Waals surface area contributed by atoms with Crippen molar-refractivity contribution in [2.75, 3.05) is 16.4 Å². The number of quaternary nitrogens is 1. The van der Waals surface area contributed by atoms with Crippen molar-refractivity contribution < 1.29 is 19.8 Å². The van der Waals surface area contributed by atoms with Gasteiger partial charge in [0.25, 0.3) is 0 Å². The monoisotopic (exact) mass is 766 g/mol. The molecule has 10 rings (SSSR count). The predicted octanol–water partition coefficient (Wildman–Crippen LogP) is 8.76. The molecule has 286 valence electrons. The summed E-state index contributed by atoms with van der Waals surface area (Å²) in [5, 5.41) is 24.3. The molecule has 4 aromatic carbocycles. The Bertz CT molecular complexity index is 2950. The molecule has 0 fully saturated rings. The van der Waals surface area contributed by atoms with E-state index in [4.69, 9.17) is 14.6 Å². The Morgan fingerprint density at radius 3 is 1.59 bits per heavy atom. The summed E-state index contributed by atoms with van der Waals surface area (Å²) in [6, 6.07) is 36.4. The van der Waals surface area contributed by atoms with Crippen molar-refractivity contribution in [2.45, 2.75) is 13.1 Å². The minimum absolute atomic E-state index is 0. The molecule has 0 saturated carbocycles. The molecule has 12 nitrogen and oxygen atoms in total. The first-order valence-electron chi connectivity index (χ1n) is 18.4. The van der Waals surface area contributed by atoms with Gasteiger partial charge in [-0.15, -0.1) is 0 Å². The van der Waals surface area contributed by atoms with Gasteiger partial charge in [-0.1, -0.05) is 60.7 Å². The zero-order chi connectivity index (χ0) is 38.6. The van der Waals surface area contributed by atoms with E-state index >= 15 is 0 Å². The van der Waals surface area contributed by atoms with Crippen LogP contribution in [0.1, 0.15) is 11.1 Å². The molecular weight excluding hydrogens is 729 g/mol. The second-order valence-electron chi connectivity index (χ2n) is 13.5. The number of anilines is 3. The number of nitrogen functional groups attached to an aromatic ring is 1. The van der Waals surface area contributed by atoms with E-state index in [0.29, 0.717) is 24.5 Å². The van der Waals surface area contributed by atoms with Crippen LogP contribution in [0.5, 0.6) is 0 Å². The fourth-order valence-electron chi connectivity index (χ4n) is 6.89. The van der Waals surface area contributed by atoms with Gasteiger partial charge in [0.1, 0.15) is 22.7 Å². The van der Waals surface area contributed by atoms with Crippen LogP contribution in [0.2, 0.25) is 0 Å². The first-order valence-corrected chi connectivity index (χ1v) is 18.4. The van der Waals surface area contributed by atoms with E-state index in [-0.39, 0.29) is 5.48 Å². The number of fused-ring (bicyclic) bond motifs is 4. The van der Waals surface area contributed by atoms with Crippen molar-refractivity contribution >= 4 is 66.2 Å². The molecule has 0 saturated heterocycles. The van der Waals surface area contributed by atoms with Gasteiger partial charge in [0.05, 0.1) is 29.5 Å². The van der Waals surface area contributed by atoms with Crippen LogP contribution < -0.4 is 21.8 Å². The summed E-state index contributed by atoms with van der Waals surface area (Å²) in [6.45, 7) is 1.24. The molecule has 0 aliphatic carbocycles. The van der Waals surface area contributed by atoms with Crippen LogP contribution in [0, 0.1) is 5.21 Å². The molecule has 58 heavy (non-hydrogen) atoms. The normalized spacial score (nSPS) is 11.0. The van der Waals surface area contributed by atoms with E-state index in [2.05, 4.69) is 79.1 Å². The third-order valence-electron chi connectivity index (χ3n) is 9.83. The van der Waals surface area contributed by atoms with Crippen LogP contribution in [0.3, 0.4) is 0 Å². The van der Waals surface area contributed by atoms with Gasteiger partial charge in [0.15, 0.2) is 5.69 Å². The van der Waals surface area contributed by atoms with E-state index < -0.39 is 0 Å². The molecule has 0 aliphatic rings. The lowest BCUT2D eigenvalue weighted by molar-refractivity contribution is -0.496. The van der Waals surface area contributed by atoms with Gasteiger partial charge in [-0.2, -0.15) is 0 Å². The average molecular weight is 767 g/mol. The standard InChI is InChI=1S/C23H18N4O2.C23H18N4O.H2O/c28-27-21-14-24-8-7-20(21)26-11-15-5-6-17-12-25-13-19(18(17)9-15)23-10-16-3-1-2-4-22(16)29-23;24-20-14-25-8-7-21(20)27-11-15-5-6-17-12-26-13-19(18(17)9-15)23-10-16-3-1-2-4-22(16)28-23;/h1-10,12-14H,11,27H2,(H,24,26);1-10,12-14H,11,24H2,(H,25,27);1H2. The fraction of sp³-hybridized carbons (Fsp3) is 0.0435. The number of furan rings is 2. The summed E-state index contributed by atoms with van der Waals surface area (Å²) in [5.74, 6) is 1.62. The van der Waals surface area contributed by atoms with E-state index in [9.17, 15) is 5.21 Å². The molecule has 8 N–H and O–H groups in total. The Kier molecular flexibility index (Phi) is 10.7. The number of para-hydroxylation sites is 2. The Labute approximate surface area is 332 Å². The molecule has 10 aromatic rings. The summed E-state index contributed by atoms with van der Waals surface area (Å²) in [7, 11) is 0. The maximum absolute atomic E-state index is 11.2. The second kappa shape index (κ2) is 16.6. The summed E-state index contributed by atoms with van der Waals surface area (Å²) in [6.07, 6.45) is 14.0. The minimum atomic E-state index is 0. The zero-order valence-electron chi connectivity index (χ0n) is 31.1. The highest BCUT2D eigenvalue weighted by atomic mass is 16.5. The minimum Gasteiger partial charge on any atom is -0.630 e. The molecule has 0 unspecified atom stereocenters. The largest absolute Gasteiger partial charge is 0.630 e. The molecule has 0 bridgehead atoms. The Hall–Kier alpha value is -7.64. The Balaban J connectivity index is 0.000000159. The molecule has 0 amide bonds. The van der Waals surface area contributed by atoms with E-state index in [1.165, 1.54) is 0 Å². The topological polar surface area (TPSA) is 199 Å². The number of benzene rings is 4. The van der Waals surface area contributed by atoms with Crippen LogP contribution in [0.15, 0.2) is 168 Å². The molecular formula is C46H38N8O4. The quantitative estimate of drug-likeness (QED) is 0.103. The molecule has 0 radical (unpaired) electrons. The van der Waals surface area contributed by atoms with Gasteiger partial charge >= 0.3 is 0 Å². The van der Waals surface area contributed by atoms with Gasteiger partial charge in [-0.25, -0.2) is 0 Å². The third-order valence-corrected chi connectivity index (χ3v) is 9.83. The van der Waals surface area contributed by atoms with Crippen LogP contribution in [0.25, 0.3) is 66.1 Å². The first kappa shape index (κ1) is 37.3. The number of aromatic nitrogens is 4. The number of hydrogen-bond acceptors (Lipinski definition) is 10. The Morgan fingerprint density at radius 1 is 0.534 bits per heavy atom. The van der Waals surface area contributed by atoms with Crippen LogP contribution >= 0.6 is 0 Å². The number of hydrogen-bond donors (Lipinski definition) is 4. The molecule has 0 atom stereocenters. The highest BCUT2D eigenvalue weighted by Gasteiger charge is 2.13. The number of nitrogens with two attached hydrogens (primary N) is 2. The fourth-order valence-corrected chi connectivity index (χ4v) is 6.89. The van der Waals surface area contributed by atoms with Gasteiger partial charge in [-0.3, -0.25) is 19.9 Å².